The number of carbonyl (C=O) groups excluding carboxylic acids is 1. The number of rotatable bonds is 9. The van der Waals surface area contributed by atoms with Gasteiger partial charge in [0.15, 0.2) is 5.16 Å². The fourth-order valence-electron chi connectivity index (χ4n) is 3.37. The highest BCUT2D eigenvalue weighted by molar-refractivity contribution is 7.99. The third-order valence-electron chi connectivity index (χ3n) is 5.25. The number of halogens is 1. The van der Waals surface area contributed by atoms with E-state index >= 15 is 0 Å². The Bertz CT molecular complexity index is 1240. The Morgan fingerprint density at radius 3 is 2.73 bits per heavy atom. The minimum Gasteiger partial charge on any atom is -0.355 e. The number of nitrogens with one attached hydrogen (secondary N) is 1. The van der Waals surface area contributed by atoms with Crippen LogP contribution in [0.1, 0.15) is 23.2 Å². The number of nitrogens with zero attached hydrogens (tertiary/aromatic N) is 5. The van der Waals surface area contributed by atoms with Crippen LogP contribution in [0.15, 0.2) is 66.2 Å². The van der Waals surface area contributed by atoms with Crippen molar-refractivity contribution < 1.29 is 4.79 Å². The first-order valence-electron chi connectivity index (χ1n) is 10.7. The van der Waals surface area contributed by atoms with Gasteiger partial charge < -0.3 is 5.32 Å². The van der Waals surface area contributed by atoms with Gasteiger partial charge in [-0.05, 0) is 62.1 Å². The van der Waals surface area contributed by atoms with E-state index in [0.717, 1.165) is 35.5 Å². The lowest BCUT2D eigenvalue weighted by molar-refractivity contribution is -0.118. The van der Waals surface area contributed by atoms with Crippen LogP contribution in [0.2, 0.25) is 5.02 Å². The third kappa shape index (κ3) is 5.83. The summed E-state index contributed by atoms with van der Waals surface area (Å²) in [5, 5.41) is 17.0. The molecular weight excluding hydrogens is 456 g/mol. The number of aromatic nitrogens is 5. The summed E-state index contributed by atoms with van der Waals surface area (Å²) in [5.74, 6) is 0.233. The molecule has 9 heteroatoms. The molecule has 170 valence electrons. The topological polar surface area (TPSA) is 77.6 Å². The molecule has 0 bridgehead atoms. The first kappa shape index (κ1) is 23.1. The van der Waals surface area contributed by atoms with Gasteiger partial charge in [-0.2, -0.15) is 5.10 Å². The van der Waals surface area contributed by atoms with Crippen molar-refractivity contribution in [3.63, 3.8) is 0 Å². The summed E-state index contributed by atoms with van der Waals surface area (Å²) in [6.45, 7) is 4.58. The molecule has 33 heavy (non-hydrogen) atoms. The van der Waals surface area contributed by atoms with Crippen LogP contribution in [0.5, 0.6) is 0 Å². The maximum absolute atomic E-state index is 12.3. The maximum atomic E-state index is 12.3. The van der Waals surface area contributed by atoms with E-state index in [-0.39, 0.29) is 11.7 Å². The highest BCUT2D eigenvalue weighted by Crippen LogP contribution is 2.23. The zero-order valence-electron chi connectivity index (χ0n) is 18.5. The fourth-order valence-corrected chi connectivity index (χ4v) is 4.31. The molecule has 0 aliphatic carbocycles. The molecule has 0 radical (unpaired) electrons. The molecule has 4 rings (SSSR count). The van der Waals surface area contributed by atoms with Gasteiger partial charge in [0.25, 0.3) is 0 Å². The lowest BCUT2D eigenvalue weighted by Crippen LogP contribution is -2.26. The Labute approximate surface area is 202 Å². The van der Waals surface area contributed by atoms with E-state index < -0.39 is 0 Å². The number of aryl methyl sites for hydroxylation is 3. The quantitative estimate of drug-likeness (QED) is 0.280. The van der Waals surface area contributed by atoms with E-state index in [0.29, 0.717) is 16.7 Å². The standard InChI is InChI=1S/C24H25ClN6OS/c1-17-10-11-21(13-22(17)25)30-16-27-28-24(30)33-15-23(32)26-12-6-7-19-14-31(29-18(19)2)20-8-4-3-5-9-20/h3-5,8-11,13-14,16H,6-7,12,15H2,1-2H3,(H,26,32). The molecule has 2 aromatic carbocycles. The zero-order chi connectivity index (χ0) is 23.2. The number of carbonyl (C=O) groups is 1. The lowest BCUT2D eigenvalue weighted by atomic mass is 10.1. The number of thioether (sulfide) groups is 1. The SMILES string of the molecule is Cc1ccc(-n2cnnc2SCC(=O)NCCCc2cn(-c3ccccc3)nc2C)cc1Cl. The molecule has 0 atom stereocenters. The van der Waals surface area contributed by atoms with Crippen LogP contribution in [0, 0.1) is 13.8 Å². The number of amides is 1. The van der Waals surface area contributed by atoms with Gasteiger partial charge in [0.2, 0.25) is 5.91 Å². The van der Waals surface area contributed by atoms with Gasteiger partial charge in [-0.3, -0.25) is 9.36 Å². The minimum absolute atomic E-state index is 0.0341. The molecule has 1 amide bonds. The second-order valence-electron chi connectivity index (χ2n) is 7.68. The molecule has 0 saturated heterocycles. The van der Waals surface area contributed by atoms with Gasteiger partial charge in [0.1, 0.15) is 6.33 Å². The average Bonchev–Trinajstić information content (AvgIpc) is 3.44. The maximum Gasteiger partial charge on any atom is 0.230 e. The van der Waals surface area contributed by atoms with Crippen LogP contribution in [-0.4, -0.2) is 42.7 Å². The predicted molar refractivity (Wildman–Crippen MR) is 131 cm³/mol. The van der Waals surface area contributed by atoms with Crippen LogP contribution >= 0.6 is 23.4 Å². The molecule has 0 saturated carbocycles. The van der Waals surface area contributed by atoms with Crippen molar-refractivity contribution in [2.75, 3.05) is 12.3 Å². The van der Waals surface area contributed by atoms with Crippen LogP contribution < -0.4 is 5.32 Å². The average molecular weight is 481 g/mol. The van der Waals surface area contributed by atoms with Gasteiger partial charge in [0, 0.05) is 17.8 Å². The first-order valence-corrected chi connectivity index (χ1v) is 12.0. The van der Waals surface area contributed by atoms with Gasteiger partial charge in [0.05, 0.1) is 22.8 Å². The van der Waals surface area contributed by atoms with Gasteiger partial charge in [-0.15, -0.1) is 10.2 Å². The number of benzene rings is 2. The van der Waals surface area contributed by atoms with E-state index in [4.69, 9.17) is 11.6 Å². The summed E-state index contributed by atoms with van der Waals surface area (Å²) in [7, 11) is 0. The zero-order valence-corrected chi connectivity index (χ0v) is 20.1. The smallest absolute Gasteiger partial charge is 0.230 e. The second kappa shape index (κ2) is 10.7. The highest BCUT2D eigenvalue weighted by atomic mass is 35.5. The molecule has 0 spiro atoms. The van der Waals surface area contributed by atoms with Gasteiger partial charge >= 0.3 is 0 Å². The van der Waals surface area contributed by atoms with Crippen molar-refractivity contribution in [3.05, 3.63) is 82.9 Å². The van der Waals surface area contributed by atoms with Crippen molar-refractivity contribution in [1.82, 2.24) is 29.9 Å². The van der Waals surface area contributed by atoms with Gasteiger partial charge in [-0.1, -0.05) is 47.6 Å². The number of hydrogen-bond donors (Lipinski definition) is 1. The summed E-state index contributed by atoms with van der Waals surface area (Å²) >= 11 is 7.58. The van der Waals surface area contributed by atoms with E-state index in [1.165, 1.54) is 17.3 Å². The normalized spacial score (nSPS) is 11.0. The van der Waals surface area contributed by atoms with Crippen LogP contribution in [0.3, 0.4) is 0 Å². The van der Waals surface area contributed by atoms with E-state index in [1.54, 1.807) is 6.33 Å². The Morgan fingerprint density at radius 2 is 1.94 bits per heavy atom. The van der Waals surface area contributed by atoms with E-state index in [9.17, 15) is 4.79 Å². The van der Waals surface area contributed by atoms with Gasteiger partial charge in [-0.25, -0.2) is 4.68 Å². The molecule has 2 heterocycles. The Kier molecular flexibility index (Phi) is 7.47. The lowest BCUT2D eigenvalue weighted by Gasteiger charge is -2.08. The fraction of sp³-hybridized carbons (Fsp3) is 0.250. The molecule has 0 unspecified atom stereocenters. The molecule has 4 aromatic rings. The van der Waals surface area contributed by atoms with Crippen molar-refractivity contribution in [2.24, 2.45) is 0 Å². The molecule has 2 aromatic heterocycles. The van der Waals surface area contributed by atoms with Crippen molar-refractivity contribution in [3.8, 4) is 11.4 Å². The molecule has 0 aliphatic heterocycles. The molecule has 1 N–H and O–H groups in total. The molecular formula is C24H25ClN6OS. The summed E-state index contributed by atoms with van der Waals surface area (Å²) in [4.78, 5) is 12.3. The highest BCUT2D eigenvalue weighted by Gasteiger charge is 2.11. The Morgan fingerprint density at radius 1 is 1.12 bits per heavy atom. The molecule has 0 aliphatic rings. The summed E-state index contributed by atoms with van der Waals surface area (Å²) in [6, 6.07) is 15.8. The van der Waals surface area contributed by atoms with Crippen LogP contribution in [-0.2, 0) is 11.2 Å². The van der Waals surface area contributed by atoms with Crippen LogP contribution in [0.25, 0.3) is 11.4 Å². The summed E-state index contributed by atoms with van der Waals surface area (Å²) in [5.41, 5.74) is 5.11. The van der Waals surface area contributed by atoms with Crippen molar-refractivity contribution in [2.45, 2.75) is 31.8 Å². The molecule has 7 nitrogen and oxygen atoms in total. The van der Waals surface area contributed by atoms with Crippen molar-refractivity contribution >= 4 is 29.3 Å². The summed E-state index contributed by atoms with van der Waals surface area (Å²) < 4.78 is 3.73. The first-order chi connectivity index (χ1) is 16.0. The Hall–Kier alpha value is -3.10. The number of hydrogen-bond acceptors (Lipinski definition) is 5. The van der Waals surface area contributed by atoms with Crippen LogP contribution in [0.4, 0.5) is 0 Å². The van der Waals surface area contributed by atoms with Crippen molar-refractivity contribution in [1.29, 1.82) is 0 Å². The monoisotopic (exact) mass is 480 g/mol. The predicted octanol–water partition coefficient (Wildman–Crippen LogP) is 4.56. The second-order valence-corrected chi connectivity index (χ2v) is 9.03. The minimum atomic E-state index is -0.0341. The number of para-hydroxylation sites is 1. The third-order valence-corrected chi connectivity index (χ3v) is 6.60. The molecule has 0 fully saturated rings. The largest absolute Gasteiger partial charge is 0.355 e. The summed E-state index contributed by atoms with van der Waals surface area (Å²) in [6.07, 6.45) is 5.38. The Balaban J connectivity index is 1.24. The van der Waals surface area contributed by atoms with E-state index in [2.05, 4.69) is 26.8 Å². The van der Waals surface area contributed by atoms with E-state index in [1.807, 2.05) is 71.6 Å².